The molecule has 1 unspecified atom stereocenters. The van der Waals surface area contributed by atoms with Crippen LogP contribution in [-0.4, -0.2) is 18.9 Å². The average Bonchev–Trinajstić information content (AvgIpc) is 2.32. The summed E-state index contributed by atoms with van der Waals surface area (Å²) in [4.78, 5) is 22.9. The largest absolute Gasteiger partial charge is 0.469 e. The number of esters is 1. The number of rotatable bonds is 5. The normalized spacial score (nSPS) is 12.0. The van der Waals surface area contributed by atoms with E-state index < -0.39 is 5.82 Å². The minimum atomic E-state index is -0.559. The first-order valence-corrected chi connectivity index (χ1v) is 5.87. The summed E-state index contributed by atoms with van der Waals surface area (Å²) in [7, 11) is 1.30. The molecule has 0 heterocycles. The van der Waals surface area contributed by atoms with E-state index in [9.17, 15) is 14.0 Å². The summed E-state index contributed by atoms with van der Waals surface area (Å²) in [6.07, 6.45) is 0.369. The first-order chi connectivity index (χ1) is 8.43. The molecular formula is C13H14ClFO3. The van der Waals surface area contributed by atoms with Crippen LogP contribution in [0.4, 0.5) is 4.39 Å². The molecule has 0 spiro atoms. The third-order valence-corrected chi connectivity index (χ3v) is 2.81. The number of methoxy groups -OCH3 is 1. The van der Waals surface area contributed by atoms with Crippen LogP contribution in [0.25, 0.3) is 0 Å². The standard InChI is InChI=1S/C13H14ClFO3/c1-8(6-13(17)18-2)5-12(16)9-3-4-11(15)10(14)7-9/h3-4,7-8H,5-6H2,1-2H3. The first kappa shape index (κ1) is 14.6. The summed E-state index contributed by atoms with van der Waals surface area (Å²) in [5.74, 6) is -1.22. The van der Waals surface area contributed by atoms with E-state index in [1.54, 1.807) is 6.92 Å². The van der Waals surface area contributed by atoms with Crippen molar-refractivity contribution in [1.82, 2.24) is 0 Å². The molecule has 0 radical (unpaired) electrons. The number of carbonyl (C=O) groups excluding carboxylic acids is 2. The third kappa shape index (κ3) is 4.11. The molecule has 0 aliphatic rings. The Hall–Kier alpha value is -1.42. The van der Waals surface area contributed by atoms with Crippen LogP contribution in [0.3, 0.4) is 0 Å². The Labute approximate surface area is 110 Å². The van der Waals surface area contributed by atoms with E-state index >= 15 is 0 Å². The van der Waals surface area contributed by atoms with Gasteiger partial charge in [0, 0.05) is 18.4 Å². The van der Waals surface area contributed by atoms with Crippen LogP contribution < -0.4 is 0 Å². The first-order valence-electron chi connectivity index (χ1n) is 5.49. The van der Waals surface area contributed by atoms with Crippen molar-refractivity contribution in [2.45, 2.75) is 19.8 Å². The molecule has 3 nitrogen and oxygen atoms in total. The SMILES string of the molecule is COC(=O)CC(C)CC(=O)c1ccc(F)c(Cl)c1. The molecular weight excluding hydrogens is 259 g/mol. The average molecular weight is 273 g/mol. The van der Waals surface area contributed by atoms with Gasteiger partial charge in [-0.1, -0.05) is 18.5 Å². The molecule has 1 atom stereocenters. The van der Waals surface area contributed by atoms with Crippen LogP contribution in [0.2, 0.25) is 5.02 Å². The number of hydrogen-bond acceptors (Lipinski definition) is 3. The van der Waals surface area contributed by atoms with Crippen molar-refractivity contribution in [3.05, 3.63) is 34.6 Å². The van der Waals surface area contributed by atoms with Crippen LogP contribution in [-0.2, 0) is 9.53 Å². The Morgan fingerprint density at radius 1 is 1.39 bits per heavy atom. The molecule has 98 valence electrons. The Morgan fingerprint density at radius 3 is 2.61 bits per heavy atom. The van der Waals surface area contributed by atoms with Crippen molar-refractivity contribution in [2.24, 2.45) is 5.92 Å². The van der Waals surface area contributed by atoms with Gasteiger partial charge in [-0.05, 0) is 24.1 Å². The Bertz CT molecular complexity index is 460. The summed E-state index contributed by atoms with van der Waals surface area (Å²) < 4.78 is 17.5. The fourth-order valence-electron chi connectivity index (χ4n) is 1.54. The Balaban J connectivity index is 2.64. The van der Waals surface area contributed by atoms with Gasteiger partial charge in [-0.15, -0.1) is 0 Å². The van der Waals surface area contributed by atoms with Crippen LogP contribution in [0.5, 0.6) is 0 Å². The maximum atomic E-state index is 12.9. The van der Waals surface area contributed by atoms with Crippen molar-refractivity contribution in [3.8, 4) is 0 Å². The molecule has 1 aromatic rings. The van der Waals surface area contributed by atoms with Gasteiger partial charge in [-0.25, -0.2) is 4.39 Å². The predicted octanol–water partition coefficient (Wildman–Crippen LogP) is 3.25. The quantitative estimate of drug-likeness (QED) is 0.610. The summed E-state index contributed by atoms with van der Waals surface area (Å²) >= 11 is 5.60. The lowest BCUT2D eigenvalue weighted by Crippen LogP contribution is -2.12. The Morgan fingerprint density at radius 2 is 2.06 bits per heavy atom. The predicted molar refractivity (Wildman–Crippen MR) is 66.2 cm³/mol. The lowest BCUT2D eigenvalue weighted by molar-refractivity contribution is -0.141. The fourth-order valence-corrected chi connectivity index (χ4v) is 1.72. The van der Waals surface area contributed by atoms with Gasteiger partial charge in [0.15, 0.2) is 5.78 Å². The number of hydrogen-bond donors (Lipinski definition) is 0. The van der Waals surface area contributed by atoms with Gasteiger partial charge in [0.25, 0.3) is 0 Å². The van der Waals surface area contributed by atoms with Crippen LogP contribution in [0.15, 0.2) is 18.2 Å². The molecule has 0 aromatic heterocycles. The summed E-state index contributed by atoms with van der Waals surface area (Å²) in [6, 6.07) is 3.83. The van der Waals surface area contributed by atoms with Crippen molar-refractivity contribution in [3.63, 3.8) is 0 Å². The van der Waals surface area contributed by atoms with Crippen molar-refractivity contribution in [1.29, 1.82) is 0 Å². The molecule has 0 aliphatic heterocycles. The third-order valence-electron chi connectivity index (χ3n) is 2.52. The van der Waals surface area contributed by atoms with E-state index in [0.29, 0.717) is 5.56 Å². The van der Waals surface area contributed by atoms with Gasteiger partial charge < -0.3 is 4.74 Å². The molecule has 18 heavy (non-hydrogen) atoms. The van der Waals surface area contributed by atoms with Crippen molar-refractivity contribution >= 4 is 23.4 Å². The number of carbonyl (C=O) groups is 2. The summed E-state index contributed by atoms with van der Waals surface area (Å²) in [5, 5.41) is -0.0820. The highest BCUT2D eigenvalue weighted by molar-refractivity contribution is 6.31. The molecule has 0 aliphatic carbocycles. The second-order valence-corrected chi connectivity index (χ2v) is 4.55. The lowest BCUT2D eigenvalue weighted by Gasteiger charge is -2.09. The second kappa shape index (κ2) is 6.50. The minimum Gasteiger partial charge on any atom is -0.469 e. The van der Waals surface area contributed by atoms with E-state index in [2.05, 4.69) is 4.74 Å². The monoisotopic (exact) mass is 272 g/mol. The van der Waals surface area contributed by atoms with Crippen LogP contribution in [0.1, 0.15) is 30.1 Å². The molecule has 0 saturated heterocycles. The number of benzene rings is 1. The van der Waals surface area contributed by atoms with E-state index in [0.717, 1.165) is 6.07 Å². The lowest BCUT2D eigenvalue weighted by atomic mass is 9.97. The van der Waals surface area contributed by atoms with E-state index in [1.165, 1.54) is 19.2 Å². The molecule has 0 fully saturated rings. The molecule has 0 N–H and O–H groups in total. The van der Waals surface area contributed by atoms with Gasteiger partial charge in [-0.3, -0.25) is 9.59 Å². The second-order valence-electron chi connectivity index (χ2n) is 4.14. The number of halogens is 2. The highest BCUT2D eigenvalue weighted by Gasteiger charge is 2.15. The number of ether oxygens (including phenoxy) is 1. The van der Waals surface area contributed by atoms with Gasteiger partial charge in [0.05, 0.1) is 12.1 Å². The van der Waals surface area contributed by atoms with Crippen molar-refractivity contribution in [2.75, 3.05) is 7.11 Å². The minimum absolute atomic E-state index is 0.0820. The van der Waals surface area contributed by atoms with Gasteiger partial charge >= 0.3 is 5.97 Å². The molecule has 5 heteroatoms. The summed E-state index contributed by atoms with van der Waals surface area (Å²) in [6.45, 7) is 1.78. The van der Waals surface area contributed by atoms with E-state index in [1.807, 2.05) is 0 Å². The molecule has 0 bridgehead atoms. The van der Waals surface area contributed by atoms with Gasteiger partial charge in [0.1, 0.15) is 5.82 Å². The number of Topliss-reactive ketones (excluding diaryl/α,β-unsaturated/α-hetero) is 1. The highest BCUT2D eigenvalue weighted by atomic mass is 35.5. The number of ketones is 1. The molecule has 0 amide bonds. The molecule has 1 rings (SSSR count). The summed E-state index contributed by atoms with van der Waals surface area (Å²) in [5.41, 5.74) is 0.345. The maximum Gasteiger partial charge on any atom is 0.305 e. The zero-order valence-electron chi connectivity index (χ0n) is 10.2. The van der Waals surface area contributed by atoms with E-state index in [-0.39, 0.29) is 35.5 Å². The zero-order valence-corrected chi connectivity index (χ0v) is 11.0. The van der Waals surface area contributed by atoms with Gasteiger partial charge in [0.2, 0.25) is 0 Å². The van der Waals surface area contributed by atoms with Gasteiger partial charge in [-0.2, -0.15) is 0 Å². The zero-order chi connectivity index (χ0) is 13.7. The van der Waals surface area contributed by atoms with Crippen LogP contribution in [0, 0.1) is 11.7 Å². The fraction of sp³-hybridized carbons (Fsp3) is 0.385. The smallest absolute Gasteiger partial charge is 0.305 e. The van der Waals surface area contributed by atoms with E-state index in [4.69, 9.17) is 11.6 Å². The van der Waals surface area contributed by atoms with Crippen molar-refractivity contribution < 1.29 is 18.7 Å². The topological polar surface area (TPSA) is 43.4 Å². The molecule has 1 aromatic carbocycles. The van der Waals surface area contributed by atoms with Crippen LogP contribution >= 0.6 is 11.6 Å². The molecule has 0 saturated carbocycles. The Kier molecular flexibility index (Phi) is 5.28. The maximum absolute atomic E-state index is 12.9. The highest BCUT2D eigenvalue weighted by Crippen LogP contribution is 2.19.